The van der Waals surface area contributed by atoms with Gasteiger partial charge in [0.25, 0.3) is 0 Å². The molecule has 0 aromatic carbocycles. The van der Waals surface area contributed by atoms with Gasteiger partial charge in [0.15, 0.2) is 0 Å². The van der Waals surface area contributed by atoms with E-state index in [9.17, 15) is 9.59 Å². The highest BCUT2D eigenvalue weighted by Crippen LogP contribution is 2.33. The first-order valence-electron chi connectivity index (χ1n) is 4.67. The minimum Gasteiger partial charge on any atom is -0.481 e. The third kappa shape index (κ3) is 1.45. The van der Waals surface area contributed by atoms with Crippen molar-refractivity contribution in [3.63, 3.8) is 0 Å². The Morgan fingerprint density at radius 1 is 1.57 bits per heavy atom. The Labute approximate surface area is 80.4 Å². The fraction of sp³-hybridized carbons (Fsp3) is 0.556. The van der Waals surface area contributed by atoms with Gasteiger partial charge < -0.3 is 10.1 Å². The molecule has 1 aliphatic carbocycles. The molecule has 1 saturated carbocycles. The summed E-state index contributed by atoms with van der Waals surface area (Å²) in [6, 6.07) is 0.0508. The lowest BCUT2D eigenvalue weighted by atomic mass is 10.1. The SMILES string of the molecule is O=C(O)[C@@H]1CC[C@H](n2cc[nH]c2=O)C1. The zero-order valence-electron chi connectivity index (χ0n) is 7.64. The second-order valence-electron chi connectivity index (χ2n) is 3.67. The minimum absolute atomic E-state index is 0.0508. The molecule has 0 bridgehead atoms. The number of carboxylic acids is 1. The molecule has 5 nitrogen and oxygen atoms in total. The number of carboxylic acid groups (broad SMARTS) is 1. The van der Waals surface area contributed by atoms with E-state index in [-0.39, 0.29) is 17.6 Å². The van der Waals surface area contributed by atoms with E-state index in [1.165, 1.54) is 0 Å². The van der Waals surface area contributed by atoms with E-state index in [2.05, 4.69) is 4.98 Å². The molecule has 2 N–H and O–H groups in total. The highest BCUT2D eigenvalue weighted by atomic mass is 16.4. The fourth-order valence-corrected chi connectivity index (χ4v) is 2.05. The van der Waals surface area contributed by atoms with Crippen LogP contribution in [-0.4, -0.2) is 20.6 Å². The van der Waals surface area contributed by atoms with Gasteiger partial charge in [-0.15, -0.1) is 0 Å². The molecule has 76 valence electrons. The Bertz CT molecular complexity index is 393. The summed E-state index contributed by atoms with van der Waals surface area (Å²) >= 11 is 0. The predicted octanol–water partition coefficient (Wildman–Crippen LogP) is 0.602. The Kier molecular flexibility index (Phi) is 2.15. The number of aromatic amines is 1. The summed E-state index contributed by atoms with van der Waals surface area (Å²) in [6.45, 7) is 0. The van der Waals surface area contributed by atoms with Crippen molar-refractivity contribution < 1.29 is 9.90 Å². The van der Waals surface area contributed by atoms with Crippen LogP contribution in [0.4, 0.5) is 0 Å². The Morgan fingerprint density at radius 3 is 2.86 bits per heavy atom. The van der Waals surface area contributed by atoms with Crippen molar-refractivity contribution in [1.29, 1.82) is 0 Å². The smallest absolute Gasteiger partial charge is 0.325 e. The van der Waals surface area contributed by atoms with Crippen molar-refractivity contribution in [1.82, 2.24) is 9.55 Å². The van der Waals surface area contributed by atoms with Crippen LogP contribution in [0.3, 0.4) is 0 Å². The van der Waals surface area contributed by atoms with Gasteiger partial charge in [-0.3, -0.25) is 9.36 Å². The first-order chi connectivity index (χ1) is 6.68. The number of aromatic nitrogens is 2. The number of imidazole rings is 1. The lowest BCUT2D eigenvalue weighted by molar-refractivity contribution is -0.141. The average Bonchev–Trinajstić information content (AvgIpc) is 2.71. The summed E-state index contributed by atoms with van der Waals surface area (Å²) in [6.07, 6.45) is 5.26. The Balaban J connectivity index is 2.13. The van der Waals surface area contributed by atoms with Gasteiger partial charge in [-0.05, 0) is 19.3 Å². The molecule has 5 heteroatoms. The van der Waals surface area contributed by atoms with Crippen LogP contribution in [0.5, 0.6) is 0 Å². The number of hydrogen-bond donors (Lipinski definition) is 2. The lowest BCUT2D eigenvalue weighted by Gasteiger charge is -2.09. The highest BCUT2D eigenvalue weighted by Gasteiger charge is 2.31. The molecule has 1 aromatic heterocycles. The number of rotatable bonds is 2. The second-order valence-corrected chi connectivity index (χ2v) is 3.67. The summed E-state index contributed by atoms with van der Waals surface area (Å²) in [7, 11) is 0. The number of H-pyrrole nitrogens is 1. The average molecular weight is 196 g/mol. The van der Waals surface area contributed by atoms with Crippen molar-refractivity contribution >= 4 is 5.97 Å². The first-order valence-corrected chi connectivity index (χ1v) is 4.67. The molecule has 1 fully saturated rings. The van der Waals surface area contributed by atoms with Crippen LogP contribution in [-0.2, 0) is 4.79 Å². The molecule has 0 spiro atoms. The van der Waals surface area contributed by atoms with E-state index in [1.54, 1.807) is 17.0 Å². The van der Waals surface area contributed by atoms with Crippen LogP contribution < -0.4 is 5.69 Å². The quantitative estimate of drug-likeness (QED) is 0.727. The van der Waals surface area contributed by atoms with E-state index in [0.29, 0.717) is 12.8 Å². The van der Waals surface area contributed by atoms with Gasteiger partial charge in [-0.25, -0.2) is 4.79 Å². The maximum Gasteiger partial charge on any atom is 0.325 e. The first kappa shape index (κ1) is 9.05. The van der Waals surface area contributed by atoms with E-state index in [4.69, 9.17) is 5.11 Å². The normalized spacial score (nSPS) is 26.6. The topological polar surface area (TPSA) is 75.1 Å². The van der Waals surface area contributed by atoms with Crippen molar-refractivity contribution in [3.8, 4) is 0 Å². The molecule has 0 saturated heterocycles. The Morgan fingerprint density at radius 2 is 2.36 bits per heavy atom. The summed E-state index contributed by atoms with van der Waals surface area (Å²) in [5.74, 6) is -1.04. The molecular formula is C9H12N2O3. The van der Waals surface area contributed by atoms with Crippen LogP contribution in [0.1, 0.15) is 25.3 Å². The van der Waals surface area contributed by atoms with Crippen LogP contribution in [0.2, 0.25) is 0 Å². The molecule has 0 unspecified atom stereocenters. The van der Waals surface area contributed by atoms with E-state index in [0.717, 1.165) is 6.42 Å². The summed E-state index contributed by atoms with van der Waals surface area (Å²) in [5.41, 5.74) is -0.152. The molecule has 1 aromatic rings. The molecule has 2 rings (SSSR count). The fourth-order valence-electron chi connectivity index (χ4n) is 2.05. The van der Waals surface area contributed by atoms with Gasteiger partial charge in [0.05, 0.1) is 5.92 Å². The number of nitrogens with one attached hydrogen (secondary N) is 1. The van der Waals surface area contributed by atoms with Crippen LogP contribution in [0, 0.1) is 5.92 Å². The van der Waals surface area contributed by atoms with E-state index >= 15 is 0 Å². The Hall–Kier alpha value is -1.52. The number of aliphatic carboxylic acids is 1. The van der Waals surface area contributed by atoms with Gasteiger partial charge >= 0.3 is 11.7 Å². The minimum atomic E-state index is -0.754. The third-order valence-corrected chi connectivity index (χ3v) is 2.82. The molecule has 2 atom stereocenters. The van der Waals surface area contributed by atoms with Crippen molar-refractivity contribution in [2.45, 2.75) is 25.3 Å². The van der Waals surface area contributed by atoms with Gasteiger partial charge in [0.2, 0.25) is 0 Å². The predicted molar refractivity (Wildman–Crippen MR) is 49.1 cm³/mol. The van der Waals surface area contributed by atoms with Gasteiger partial charge in [0, 0.05) is 18.4 Å². The maximum absolute atomic E-state index is 11.2. The molecule has 0 amide bonds. The molecule has 14 heavy (non-hydrogen) atoms. The van der Waals surface area contributed by atoms with Crippen LogP contribution in [0.15, 0.2) is 17.2 Å². The second kappa shape index (κ2) is 3.32. The third-order valence-electron chi connectivity index (χ3n) is 2.82. The van der Waals surface area contributed by atoms with Crippen LogP contribution >= 0.6 is 0 Å². The number of nitrogens with zero attached hydrogens (tertiary/aromatic N) is 1. The van der Waals surface area contributed by atoms with Gasteiger partial charge in [-0.2, -0.15) is 0 Å². The van der Waals surface area contributed by atoms with Gasteiger partial charge in [-0.1, -0.05) is 0 Å². The highest BCUT2D eigenvalue weighted by molar-refractivity contribution is 5.70. The largest absolute Gasteiger partial charge is 0.481 e. The molecule has 1 aliphatic rings. The number of hydrogen-bond acceptors (Lipinski definition) is 2. The molecule has 0 radical (unpaired) electrons. The van der Waals surface area contributed by atoms with E-state index in [1.807, 2.05) is 0 Å². The zero-order valence-corrected chi connectivity index (χ0v) is 7.64. The number of carbonyl (C=O) groups is 1. The van der Waals surface area contributed by atoms with Crippen LogP contribution in [0.25, 0.3) is 0 Å². The molecule has 0 aliphatic heterocycles. The molecule has 1 heterocycles. The van der Waals surface area contributed by atoms with Crippen molar-refractivity contribution in [2.75, 3.05) is 0 Å². The van der Waals surface area contributed by atoms with Gasteiger partial charge in [0.1, 0.15) is 0 Å². The molecular weight excluding hydrogens is 184 g/mol. The zero-order chi connectivity index (χ0) is 10.1. The lowest BCUT2D eigenvalue weighted by Crippen LogP contribution is -2.20. The summed E-state index contributed by atoms with van der Waals surface area (Å²) < 4.78 is 1.59. The summed E-state index contributed by atoms with van der Waals surface area (Å²) in [4.78, 5) is 24.5. The maximum atomic E-state index is 11.2. The summed E-state index contributed by atoms with van der Waals surface area (Å²) in [5, 5.41) is 8.80. The monoisotopic (exact) mass is 196 g/mol. The standard InChI is InChI=1S/C9H12N2O3/c12-8(13)6-1-2-7(5-6)11-4-3-10-9(11)14/h3-4,6-7H,1-2,5H2,(H,10,14)(H,12,13)/t6-,7+/m1/s1. The van der Waals surface area contributed by atoms with Crippen molar-refractivity contribution in [3.05, 3.63) is 22.9 Å². The van der Waals surface area contributed by atoms with Crippen molar-refractivity contribution in [2.24, 2.45) is 5.92 Å². The van der Waals surface area contributed by atoms with E-state index < -0.39 is 5.97 Å².